The summed E-state index contributed by atoms with van der Waals surface area (Å²) in [6.45, 7) is 2.22. The van der Waals surface area contributed by atoms with Gasteiger partial charge < -0.3 is 15.7 Å². The molecule has 102 valence electrons. The van der Waals surface area contributed by atoms with Crippen LogP contribution in [0.1, 0.15) is 5.56 Å². The number of likely N-dealkylation sites (N-methyl/N-ethyl adjacent to an activating group) is 1. The molecule has 0 aliphatic carbocycles. The van der Waals surface area contributed by atoms with Gasteiger partial charge in [0, 0.05) is 19.1 Å². The topological polar surface area (TPSA) is 91.6 Å². The zero-order chi connectivity index (χ0) is 13.2. The number of nitrogens with two attached hydrogens (primary N) is 1. The number of aromatic hydroxyl groups is 1. The van der Waals surface area contributed by atoms with Gasteiger partial charge in [0.1, 0.15) is 5.75 Å². The number of nitrogens with one attached hydrogen (secondary N) is 3. The molecule has 18 heavy (non-hydrogen) atoms. The highest BCUT2D eigenvalue weighted by molar-refractivity contribution is 5.26. The molecule has 0 aliphatic rings. The molecule has 1 rings (SSSR count). The molecule has 0 saturated heterocycles. The van der Waals surface area contributed by atoms with E-state index < -0.39 is 0 Å². The Morgan fingerprint density at radius 2 is 2.00 bits per heavy atom. The summed E-state index contributed by atoms with van der Waals surface area (Å²) < 4.78 is 0. The second kappa shape index (κ2) is 8.84. The predicted octanol–water partition coefficient (Wildman–Crippen LogP) is -0.493. The highest BCUT2D eigenvalue weighted by atomic mass is 16.7. The van der Waals surface area contributed by atoms with Crippen molar-refractivity contribution in [3.8, 4) is 5.75 Å². The molecular formula is C12H22N4O2. The standard InChI is InChI=1S/C12H22N4O2/c1-14-6-7-15-11(9-18-16-13)8-10-2-4-12(17)5-3-10/h2-5,11,14-17H,6-9,13H2,1H3. The van der Waals surface area contributed by atoms with Gasteiger partial charge in [0.25, 0.3) is 0 Å². The smallest absolute Gasteiger partial charge is 0.115 e. The molecule has 0 aliphatic heterocycles. The van der Waals surface area contributed by atoms with Crippen LogP contribution in [0.5, 0.6) is 5.75 Å². The number of phenols is 1. The van der Waals surface area contributed by atoms with Gasteiger partial charge in [0.2, 0.25) is 0 Å². The van der Waals surface area contributed by atoms with Crippen molar-refractivity contribution in [3.63, 3.8) is 0 Å². The average Bonchev–Trinajstić information content (AvgIpc) is 2.38. The molecule has 1 atom stereocenters. The van der Waals surface area contributed by atoms with Crippen LogP contribution in [-0.2, 0) is 11.3 Å². The van der Waals surface area contributed by atoms with Gasteiger partial charge in [-0.2, -0.15) is 0 Å². The van der Waals surface area contributed by atoms with Crippen LogP contribution in [0.4, 0.5) is 0 Å². The maximum atomic E-state index is 9.23. The number of rotatable bonds is 9. The third kappa shape index (κ3) is 5.95. The second-order valence-electron chi connectivity index (χ2n) is 4.05. The van der Waals surface area contributed by atoms with E-state index in [0.29, 0.717) is 6.61 Å². The highest BCUT2D eigenvalue weighted by Gasteiger charge is 2.09. The van der Waals surface area contributed by atoms with Gasteiger partial charge >= 0.3 is 0 Å². The maximum absolute atomic E-state index is 9.23. The Kier molecular flexibility index (Phi) is 7.31. The van der Waals surface area contributed by atoms with Crippen molar-refractivity contribution in [2.75, 3.05) is 26.7 Å². The molecule has 1 aromatic rings. The van der Waals surface area contributed by atoms with Crippen LogP contribution in [0, 0.1) is 0 Å². The van der Waals surface area contributed by atoms with Crippen LogP contribution in [0.15, 0.2) is 24.3 Å². The minimum absolute atomic E-state index is 0.166. The van der Waals surface area contributed by atoms with E-state index in [9.17, 15) is 5.11 Å². The molecule has 0 bridgehead atoms. The summed E-state index contributed by atoms with van der Waals surface area (Å²) in [5.41, 5.74) is 3.32. The van der Waals surface area contributed by atoms with Crippen molar-refractivity contribution < 1.29 is 9.94 Å². The van der Waals surface area contributed by atoms with Crippen molar-refractivity contribution in [2.24, 2.45) is 5.84 Å². The molecule has 6 N–H and O–H groups in total. The summed E-state index contributed by atoms with van der Waals surface area (Å²) in [7, 11) is 1.91. The molecule has 6 nitrogen and oxygen atoms in total. The molecule has 0 spiro atoms. The Balaban J connectivity index is 2.45. The van der Waals surface area contributed by atoms with E-state index in [1.54, 1.807) is 12.1 Å². The van der Waals surface area contributed by atoms with E-state index >= 15 is 0 Å². The van der Waals surface area contributed by atoms with Crippen LogP contribution < -0.4 is 22.1 Å². The van der Waals surface area contributed by atoms with E-state index in [1.807, 2.05) is 19.2 Å². The van der Waals surface area contributed by atoms with Crippen molar-refractivity contribution >= 4 is 0 Å². The molecule has 6 heteroatoms. The fraction of sp³-hybridized carbons (Fsp3) is 0.500. The monoisotopic (exact) mass is 254 g/mol. The fourth-order valence-corrected chi connectivity index (χ4v) is 1.66. The molecule has 0 radical (unpaired) electrons. The third-order valence-corrected chi connectivity index (χ3v) is 2.59. The van der Waals surface area contributed by atoms with E-state index in [0.717, 1.165) is 25.1 Å². The van der Waals surface area contributed by atoms with Gasteiger partial charge in [-0.25, -0.2) is 5.84 Å². The van der Waals surface area contributed by atoms with Crippen molar-refractivity contribution in [2.45, 2.75) is 12.5 Å². The molecule has 1 unspecified atom stereocenters. The predicted molar refractivity (Wildman–Crippen MR) is 70.8 cm³/mol. The van der Waals surface area contributed by atoms with Gasteiger partial charge in [-0.15, -0.1) is 5.59 Å². The SMILES string of the molecule is CNCCNC(CONN)Cc1ccc(O)cc1. The summed E-state index contributed by atoms with van der Waals surface area (Å²) in [6, 6.07) is 7.33. The number of hydrazine groups is 1. The first-order valence-corrected chi connectivity index (χ1v) is 5.99. The van der Waals surface area contributed by atoms with Gasteiger partial charge in [-0.3, -0.25) is 4.84 Å². The number of hydrogen-bond acceptors (Lipinski definition) is 6. The Morgan fingerprint density at radius 1 is 1.28 bits per heavy atom. The zero-order valence-corrected chi connectivity index (χ0v) is 10.6. The van der Waals surface area contributed by atoms with Gasteiger partial charge in [-0.1, -0.05) is 12.1 Å². The minimum Gasteiger partial charge on any atom is -0.508 e. The largest absolute Gasteiger partial charge is 0.508 e. The third-order valence-electron chi connectivity index (χ3n) is 2.59. The summed E-state index contributed by atoms with van der Waals surface area (Å²) in [6.07, 6.45) is 0.811. The summed E-state index contributed by atoms with van der Waals surface area (Å²) in [5, 5.41) is 15.7. The van der Waals surface area contributed by atoms with Crippen LogP contribution in [0.25, 0.3) is 0 Å². The molecular weight excluding hydrogens is 232 g/mol. The first kappa shape index (κ1) is 14.9. The Bertz CT molecular complexity index is 318. The van der Waals surface area contributed by atoms with Crippen LogP contribution in [0.2, 0.25) is 0 Å². The maximum Gasteiger partial charge on any atom is 0.115 e. The number of phenolic OH excluding ortho intramolecular Hbond substituents is 1. The quantitative estimate of drug-likeness (QED) is 0.232. The molecule has 0 fully saturated rings. The summed E-state index contributed by atoms with van der Waals surface area (Å²) in [5.74, 6) is 5.38. The van der Waals surface area contributed by atoms with Gasteiger partial charge in [0.15, 0.2) is 0 Å². The van der Waals surface area contributed by atoms with Crippen LogP contribution in [0.3, 0.4) is 0 Å². The van der Waals surface area contributed by atoms with E-state index in [1.165, 1.54) is 0 Å². The Labute approximate surface area is 107 Å². The molecule has 0 aromatic heterocycles. The first-order chi connectivity index (χ1) is 8.76. The Morgan fingerprint density at radius 3 is 2.61 bits per heavy atom. The minimum atomic E-state index is 0.166. The van der Waals surface area contributed by atoms with Gasteiger partial charge in [-0.05, 0) is 31.2 Å². The average molecular weight is 254 g/mol. The fourth-order valence-electron chi connectivity index (χ4n) is 1.66. The van der Waals surface area contributed by atoms with E-state index in [-0.39, 0.29) is 11.8 Å². The van der Waals surface area contributed by atoms with E-state index in [2.05, 4.69) is 16.2 Å². The lowest BCUT2D eigenvalue weighted by molar-refractivity contribution is 0.0262. The lowest BCUT2D eigenvalue weighted by atomic mass is 10.1. The van der Waals surface area contributed by atoms with Crippen molar-refractivity contribution in [3.05, 3.63) is 29.8 Å². The van der Waals surface area contributed by atoms with Crippen LogP contribution >= 0.6 is 0 Å². The number of hydrogen-bond donors (Lipinski definition) is 5. The normalized spacial score (nSPS) is 12.6. The lowest BCUT2D eigenvalue weighted by Gasteiger charge is -2.18. The number of benzene rings is 1. The van der Waals surface area contributed by atoms with Crippen molar-refractivity contribution in [1.82, 2.24) is 16.2 Å². The summed E-state index contributed by atoms with van der Waals surface area (Å²) in [4.78, 5) is 5.02. The first-order valence-electron chi connectivity index (χ1n) is 5.99. The zero-order valence-electron chi connectivity index (χ0n) is 10.6. The lowest BCUT2D eigenvalue weighted by Crippen LogP contribution is -2.41. The second-order valence-corrected chi connectivity index (χ2v) is 4.05. The molecule has 0 amide bonds. The van der Waals surface area contributed by atoms with E-state index in [4.69, 9.17) is 10.7 Å². The summed E-state index contributed by atoms with van der Waals surface area (Å²) >= 11 is 0. The van der Waals surface area contributed by atoms with Crippen molar-refractivity contribution in [1.29, 1.82) is 0 Å². The highest BCUT2D eigenvalue weighted by Crippen LogP contribution is 2.11. The molecule has 0 saturated carbocycles. The van der Waals surface area contributed by atoms with Crippen LogP contribution in [-0.4, -0.2) is 37.9 Å². The molecule has 1 aromatic carbocycles. The Hall–Kier alpha value is -1.18. The molecule has 0 heterocycles. The van der Waals surface area contributed by atoms with Gasteiger partial charge in [0.05, 0.1) is 6.61 Å².